The molecule has 0 unspecified atom stereocenters. The molecule has 122 valence electrons. The summed E-state index contributed by atoms with van der Waals surface area (Å²) in [5.74, 6) is 2.12. The quantitative estimate of drug-likeness (QED) is 0.823. The molecule has 0 aromatic heterocycles. The lowest BCUT2D eigenvalue weighted by Crippen LogP contribution is -2.48. The second kappa shape index (κ2) is 5.24. The van der Waals surface area contributed by atoms with Gasteiger partial charge in [-0.15, -0.1) is 0 Å². The Morgan fingerprint density at radius 2 is 1.95 bits per heavy atom. The Kier molecular flexibility index (Phi) is 3.77. The summed E-state index contributed by atoms with van der Waals surface area (Å²) in [6.07, 6.45) is 2.34. The number of benzene rings is 1. The third-order valence-electron chi connectivity index (χ3n) is 5.90. The lowest BCUT2D eigenvalue weighted by atomic mass is 9.59. The monoisotopic (exact) mass is 303 g/mol. The van der Waals surface area contributed by atoms with Crippen LogP contribution in [0.15, 0.2) is 24.3 Å². The van der Waals surface area contributed by atoms with Crippen molar-refractivity contribution >= 4 is 0 Å². The molecule has 1 saturated carbocycles. The fraction of sp³-hybridized carbons (Fsp3) is 0.684. The van der Waals surface area contributed by atoms with Gasteiger partial charge in [-0.1, -0.05) is 26.0 Å². The SMILES string of the molecule is COc1cccc([C@@]2(C)C[C@@H]3[C@@H]([C@@H](C)C2)N(C)OC3(C)C)c1. The Morgan fingerprint density at radius 1 is 1.23 bits per heavy atom. The summed E-state index contributed by atoms with van der Waals surface area (Å²) in [5.41, 5.74) is 1.48. The van der Waals surface area contributed by atoms with E-state index in [1.807, 2.05) is 6.07 Å². The zero-order valence-electron chi connectivity index (χ0n) is 14.7. The molecular formula is C19H29NO2. The van der Waals surface area contributed by atoms with Gasteiger partial charge < -0.3 is 4.74 Å². The molecule has 1 aromatic carbocycles. The highest BCUT2D eigenvalue weighted by atomic mass is 16.7. The summed E-state index contributed by atoms with van der Waals surface area (Å²) in [5, 5.41) is 2.11. The Hall–Kier alpha value is -1.06. The standard InChI is InChI=1S/C19H29NO2/c1-13-11-19(4,14-8-7-9-15(10-14)21-6)12-16-17(13)20(5)22-18(16,2)3/h7-10,13,16-17H,11-12H2,1-6H3/t13-,16+,17+,19+/m0/s1. The number of ether oxygens (including phenoxy) is 1. The zero-order valence-corrected chi connectivity index (χ0v) is 14.7. The summed E-state index contributed by atoms with van der Waals surface area (Å²) in [6.45, 7) is 9.25. The molecule has 1 aliphatic heterocycles. The van der Waals surface area contributed by atoms with E-state index in [2.05, 4.69) is 58.0 Å². The van der Waals surface area contributed by atoms with E-state index in [1.54, 1.807) is 7.11 Å². The van der Waals surface area contributed by atoms with E-state index in [9.17, 15) is 0 Å². The van der Waals surface area contributed by atoms with Crippen molar-refractivity contribution in [3.8, 4) is 5.75 Å². The first-order valence-corrected chi connectivity index (χ1v) is 8.33. The molecule has 3 rings (SSSR count). The van der Waals surface area contributed by atoms with Crippen molar-refractivity contribution in [2.45, 2.75) is 57.6 Å². The molecule has 2 fully saturated rings. The first kappa shape index (κ1) is 15.8. The molecule has 0 amide bonds. The topological polar surface area (TPSA) is 21.7 Å². The van der Waals surface area contributed by atoms with Gasteiger partial charge in [0.15, 0.2) is 0 Å². The van der Waals surface area contributed by atoms with Crippen LogP contribution in [-0.4, -0.2) is 30.9 Å². The molecular weight excluding hydrogens is 274 g/mol. The van der Waals surface area contributed by atoms with E-state index < -0.39 is 0 Å². The lowest BCUT2D eigenvalue weighted by molar-refractivity contribution is -0.182. The van der Waals surface area contributed by atoms with Crippen LogP contribution in [0.25, 0.3) is 0 Å². The van der Waals surface area contributed by atoms with E-state index in [1.165, 1.54) is 12.0 Å². The first-order chi connectivity index (χ1) is 10.3. The van der Waals surface area contributed by atoms with Gasteiger partial charge in [-0.2, -0.15) is 5.06 Å². The maximum atomic E-state index is 6.15. The molecule has 1 heterocycles. The average molecular weight is 303 g/mol. The van der Waals surface area contributed by atoms with Crippen LogP contribution in [0.1, 0.15) is 46.1 Å². The van der Waals surface area contributed by atoms with E-state index >= 15 is 0 Å². The van der Waals surface area contributed by atoms with Gasteiger partial charge in [-0.3, -0.25) is 4.84 Å². The number of hydrogen-bond acceptors (Lipinski definition) is 3. The number of hydrogen-bond donors (Lipinski definition) is 0. The van der Waals surface area contributed by atoms with Gasteiger partial charge in [0.05, 0.1) is 12.7 Å². The van der Waals surface area contributed by atoms with Gasteiger partial charge in [-0.25, -0.2) is 0 Å². The molecule has 1 saturated heterocycles. The van der Waals surface area contributed by atoms with Crippen LogP contribution >= 0.6 is 0 Å². The molecule has 2 aliphatic rings. The highest BCUT2D eigenvalue weighted by Gasteiger charge is 2.55. The fourth-order valence-corrected chi connectivity index (χ4v) is 4.92. The predicted molar refractivity (Wildman–Crippen MR) is 88.9 cm³/mol. The lowest BCUT2D eigenvalue weighted by Gasteiger charge is -2.46. The van der Waals surface area contributed by atoms with Gasteiger partial charge in [0.2, 0.25) is 0 Å². The first-order valence-electron chi connectivity index (χ1n) is 8.33. The molecule has 3 heteroatoms. The molecule has 1 aromatic rings. The highest BCUT2D eigenvalue weighted by molar-refractivity contribution is 5.34. The number of rotatable bonds is 2. The van der Waals surface area contributed by atoms with E-state index in [-0.39, 0.29) is 11.0 Å². The van der Waals surface area contributed by atoms with Crippen molar-refractivity contribution in [1.82, 2.24) is 5.06 Å². The second-order valence-corrected chi connectivity index (χ2v) is 8.02. The number of fused-ring (bicyclic) bond motifs is 1. The summed E-state index contributed by atoms with van der Waals surface area (Å²) in [6, 6.07) is 9.12. The van der Waals surface area contributed by atoms with E-state index in [0.717, 1.165) is 12.2 Å². The summed E-state index contributed by atoms with van der Waals surface area (Å²) >= 11 is 0. The van der Waals surface area contributed by atoms with Crippen LogP contribution in [0, 0.1) is 11.8 Å². The minimum absolute atomic E-state index is 0.0891. The molecule has 3 nitrogen and oxygen atoms in total. The molecule has 0 radical (unpaired) electrons. The summed E-state index contributed by atoms with van der Waals surface area (Å²) in [7, 11) is 3.83. The summed E-state index contributed by atoms with van der Waals surface area (Å²) in [4.78, 5) is 6.15. The zero-order chi connectivity index (χ0) is 16.1. The van der Waals surface area contributed by atoms with Gasteiger partial charge in [0.1, 0.15) is 5.75 Å². The van der Waals surface area contributed by atoms with Crippen molar-refractivity contribution in [2.24, 2.45) is 11.8 Å². The van der Waals surface area contributed by atoms with Crippen molar-refractivity contribution in [2.75, 3.05) is 14.2 Å². The summed E-state index contributed by atoms with van der Waals surface area (Å²) < 4.78 is 5.43. The van der Waals surface area contributed by atoms with Crippen LogP contribution in [0.4, 0.5) is 0 Å². The second-order valence-electron chi connectivity index (χ2n) is 8.02. The molecule has 0 spiro atoms. The van der Waals surface area contributed by atoms with Gasteiger partial charge in [0.25, 0.3) is 0 Å². The Bertz CT molecular complexity index is 556. The largest absolute Gasteiger partial charge is 0.497 e. The third-order valence-corrected chi connectivity index (χ3v) is 5.90. The van der Waals surface area contributed by atoms with Gasteiger partial charge in [0, 0.05) is 19.0 Å². The van der Waals surface area contributed by atoms with Gasteiger partial charge >= 0.3 is 0 Å². The minimum Gasteiger partial charge on any atom is -0.497 e. The van der Waals surface area contributed by atoms with Crippen LogP contribution in [-0.2, 0) is 10.3 Å². The number of methoxy groups -OCH3 is 1. The Balaban J connectivity index is 1.95. The highest BCUT2D eigenvalue weighted by Crippen LogP contribution is 2.53. The van der Waals surface area contributed by atoms with Gasteiger partial charge in [-0.05, 0) is 55.7 Å². The van der Waals surface area contributed by atoms with Crippen LogP contribution < -0.4 is 4.74 Å². The predicted octanol–water partition coefficient (Wildman–Crippen LogP) is 4.02. The Labute approximate surface area is 134 Å². The van der Waals surface area contributed by atoms with Crippen molar-refractivity contribution in [3.63, 3.8) is 0 Å². The maximum Gasteiger partial charge on any atom is 0.119 e. The normalized spacial score (nSPS) is 37.8. The van der Waals surface area contributed by atoms with Crippen molar-refractivity contribution < 1.29 is 9.57 Å². The molecule has 0 bridgehead atoms. The van der Waals surface area contributed by atoms with Crippen molar-refractivity contribution in [3.05, 3.63) is 29.8 Å². The number of nitrogens with zero attached hydrogens (tertiary/aromatic N) is 1. The maximum absolute atomic E-state index is 6.15. The fourth-order valence-electron chi connectivity index (χ4n) is 4.92. The molecule has 0 N–H and O–H groups in total. The number of hydroxylamine groups is 2. The molecule has 4 atom stereocenters. The smallest absolute Gasteiger partial charge is 0.119 e. The minimum atomic E-state index is -0.0891. The van der Waals surface area contributed by atoms with Crippen LogP contribution in [0.3, 0.4) is 0 Å². The molecule has 22 heavy (non-hydrogen) atoms. The third kappa shape index (κ3) is 2.44. The van der Waals surface area contributed by atoms with Crippen LogP contribution in [0.5, 0.6) is 5.75 Å². The van der Waals surface area contributed by atoms with Crippen LogP contribution in [0.2, 0.25) is 0 Å². The Morgan fingerprint density at radius 3 is 2.64 bits per heavy atom. The van der Waals surface area contributed by atoms with Crippen molar-refractivity contribution in [1.29, 1.82) is 0 Å². The average Bonchev–Trinajstić information content (AvgIpc) is 2.68. The van der Waals surface area contributed by atoms with E-state index in [4.69, 9.17) is 9.57 Å². The van der Waals surface area contributed by atoms with E-state index in [0.29, 0.717) is 17.9 Å². The molecule has 1 aliphatic carbocycles.